The minimum absolute atomic E-state index is 0.0902. The highest BCUT2D eigenvalue weighted by atomic mass is 32.2. The molecule has 0 saturated heterocycles. The van der Waals surface area contributed by atoms with Crippen molar-refractivity contribution in [2.45, 2.75) is 45.4 Å². The Kier molecular flexibility index (Phi) is 9.56. The van der Waals surface area contributed by atoms with Gasteiger partial charge < -0.3 is 15.0 Å². The van der Waals surface area contributed by atoms with Gasteiger partial charge in [-0.1, -0.05) is 71.4 Å². The Bertz CT molecular complexity index is 1440. The highest BCUT2D eigenvalue weighted by Crippen LogP contribution is 2.28. The van der Waals surface area contributed by atoms with E-state index in [4.69, 9.17) is 4.74 Å². The van der Waals surface area contributed by atoms with E-state index in [0.29, 0.717) is 16.6 Å². The molecule has 1 heterocycles. The number of aryl methyl sites for hydroxylation is 4. The molecular formula is C32H34N4O3S. The maximum Gasteiger partial charge on any atom is 0.251 e. The predicted octanol–water partition coefficient (Wildman–Crippen LogP) is 6.22. The number of nitrogens with one attached hydrogen (secondary N) is 1. The molecule has 1 N–H and O–H groups in total. The van der Waals surface area contributed by atoms with E-state index in [2.05, 4.69) is 15.3 Å². The summed E-state index contributed by atoms with van der Waals surface area (Å²) in [4.78, 5) is 38.5. The molecule has 1 aromatic heterocycles. The maximum atomic E-state index is 13.9. The van der Waals surface area contributed by atoms with Crippen molar-refractivity contribution in [3.05, 3.63) is 113 Å². The number of hydrogen-bond donors (Lipinski definition) is 1. The second kappa shape index (κ2) is 13.3. The normalized spacial score (nSPS) is 11.5. The molecule has 1 atom stereocenters. The SMILES string of the molecule is COc1ccc(NC(=O)C(c2ccc(C)cc2)N(Cc2ccc(C)cc2)C(=O)CSc2nc(C)cc(C)n2)cc1. The van der Waals surface area contributed by atoms with Crippen molar-refractivity contribution in [3.63, 3.8) is 0 Å². The molecule has 1 unspecified atom stereocenters. The Labute approximate surface area is 240 Å². The van der Waals surface area contributed by atoms with Crippen molar-refractivity contribution >= 4 is 29.3 Å². The van der Waals surface area contributed by atoms with Gasteiger partial charge in [-0.15, -0.1) is 0 Å². The van der Waals surface area contributed by atoms with E-state index >= 15 is 0 Å². The van der Waals surface area contributed by atoms with Gasteiger partial charge in [0.25, 0.3) is 5.91 Å². The van der Waals surface area contributed by atoms with Gasteiger partial charge in [0.2, 0.25) is 5.91 Å². The van der Waals surface area contributed by atoms with E-state index in [0.717, 1.165) is 33.6 Å². The molecule has 0 aliphatic rings. The number of rotatable bonds is 10. The summed E-state index contributed by atoms with van der Waals surface area (Å²) in [6, 6.07) is 23.9. The van der Waals surface area contributed by atoms with Gasteiger partial charge in [0.1, 0.15) is 11.8 Å². The third-order valence-electron chi connectivity index (χ3n) is 6.39. The molecule has 2 amide bonds. The lowest BCUT2D eigenvalue weighted by molar-refractivity contribution is -0.137. The zero-order valence-corrected chi connectivity index (χ0v) is 24.3. The van der Waals surface area contributed by atoms with Gasteiger partial charge in [-0.05, 0) is 69.2 Å². The standard InChI is InChI=1S/C32H34N4O3S/c1-21-6-10-25(11-7-21)19-36(29(37)20-40-32-33-23(3)18-24(4)34-32)30(26-12-8-22(2)9-13-26)31(38)35-27-14-16-28(39-5)17-15-27/h6-18,30H,19-20H2,1-5H3,(H,35,38). The van der Waals surface area contributed by atoms with Crippen molar-refractivity contribution in [1.82, 2.24) is 14.9 Å². The monoisotopic (exact) mass is 554 g/mol. The number of thioether (sulfide) groups is 1. The fourth-order valence-electron chi connectivity index (χ4n) is 4.29. The van der Waals surface area contributed by atoms with Crippen LogP contribution in [0.1, 0.15) is 39.7 Å². The zero-order valence-electron chi connectivity index (χ0n) is 23.5. The van der Waals surface area contributed by atoms with Crippen LogP contribution in [0.2, 0.25) is 0 Å². The number of aromatic nitrogens is 2. The minimum Gasteiger partial charge on any atom is -0.497 e. The molecule has 0 saturated carbocycles. The highest BCUT2D eigenvalue weighted by Gasteiger charge is 2.32. The lowest BCUT2D eigenvalue weighted by Crippen LogP contribution is -2.41. The Balaban J connectivity index is 1.69. The zero-order chi connectivity index (χ0) is 28.6. The molecule has 0 aliphatic carbocycles. The molecule has 0 spiro atoms. The molecule has 40 heavy (non-hydrogen) atoms. The maximum absolute atomic E-state index is 13.9. The van der Waals surface area contributed by atoms with Crippen LogP contribution in [0.3, 0.4) is 0 Å². The van der Waals surface area contributed by atoms with Gasteiger partial charge >= 0.3 is 0 Å². The Morgan fingerprint density at radius 2 is 1.43 bits per heavy atom. The third-order valence-corrected chi connectivity index (χ3v) is 7.22. The van der Waals surface area contributed by atoms with Crippen LogP contribution in [-0.2, 0) is 16.1 Å². The lowest BCUT2D eigenvalue weighted by atomic mass is 10.0. The predicted molar refractivity (Wildman–Crippen MR) is 160 cm³/mol. The van der Waals surface area contributed by atoms with Crippen molar-refractivity contribution in [3.8, 4) is 5.75 Å². The van der Waals surface area contributed by atoms with Crippen LogP contribution < -0.4 is 10.1 Å². The van der Waals surface area contributed by atoms with E-state index in [9.17, 15) is 9.59 Å². The van der Waals surface area contributed by atoms with Crippen LogP contribution in [0.15, 0.2) is 84.0 Å². The van der Waals surface area contributed by atoms with E-state index in [1.165, 1.54) is 11.8 Å². The molecule has 7 nitrogen and oxygen atoms in total. The number of methoxy groups -OCH3 is 1. The van der Waals surface area contributed by atoms with Crippen LogP contribution in [0.5, 0.6) is 5.75 Å². The Hall–Kier alpha value is -4.17. The first-order valence-corrected chi connectivity index (χ1v) is 14.0. The number of anilines is 1. The molecule has 8 heteroatoms. The molecule has 0 fully saturated rings. The number of hydrogen-bond acceptors (Lipinski definition) is 6. The van der Waals surface area contributed by atoms with Crippen molar-refractivity contribution < 1.29 is 14.3 Å². The third kappa shape index (κ3) is 7.70. The summed E-state index contributed by atoms with van der Waals surface area (Å²) in [6.07, 6.45) is 0. The second-order valence-electron chi connectivity index (χ2n) is 9.76. The second-order valence-corrected chi connectivity index (χ2v) is 10.7. The fraction of sp³-hybridized carbons (Fsp3) is 0.250. The molecule has 3 aromatic carbocycles. The van der Waals surface area contributed by atoms with Gasteiger partial charge in [0.15, 0.2) is 5.16 Å². The number of amides is 2. The number of ether oxygens (including phenoxy) is 1. The van der Waals surface area contributed by atoms with E-state index in [1.807, 2.05) is 82.3 Å². The van der Waals surface area contributed by atoms with Gasteiger partial charge in [0, 0.05) is 23.6 Å². The summed E-state index contributed by atoms with van der Waals surface area (Å²) in [7, 11) is 1.59. The van der Waals surface area contributed by atoms with Gasteiger partial charge in [-0.2, -0.15) is 0 Å². The van der Waals surface area contributed by atoms with E-state index in [-0.39, 0.29) is 24.1 Å². The van der Waals surface area contributed by atoms with Crippen LogP contribution in [0.25, 0.3) is 0 Å². The number of benzene rings is 3. The lowest BCUT2D eigenvalue weighted by Gasteiger charge is -2.31. The average Bonchev–Trinajstić information content (AvgIpc) is 2.93. The molecule has 0 radical (unpaired) electrons. The summed E-state index contributed by atoms with van der Waals surface area (Å²) in [5, 5.41) is 3.54. The van der Waals surface area contributed by atoms with Gasteiger partial charge in [-0.25, -0.2) is 9.97 Å². The molecule has 206 valence electrons. The van der Waals surface area contributed by atoms with Crippen molar-refractivity contribution in [2.24, 2.45) is 0 Å². The summed E-state index contributed by atoms with van der Waals surface area (Å²) in [5.74, 6) is 0.285. The molecule has 0 bridgehead atoms. The minimum atomic E-state index is -0.864. The van der Waals surface area contributed by atoms with Crippen molar-refractivity contribution in [2.75, 3.05) is 18.2 Å². The summed E-state index contributed by atoms with van der Waals surface area (Å²) in [6.45, 7) is 8.08. The first-order valence-electron chi connectivity index (χ1n) is 13.0. The molecule has 0 aliphatic heterocycles. The van der Waals surface area contributed by atoms with Crippen LogP contribution >= 0.6 is 11.8 Å². The topological polar surface area (TPSA) is 84.4 Å². The quantitative estimate of drug-likeness (QED) is 0.185. The Morgan fingerprint density at radius 3 is 2.00 bits per heavy atom. The van der Waals surface area contributed by atoms with Crippen molar-refractivity contribution in [1.29, 1.82) is 0 Å². The number of carbonyl (C=O) groups is 2. The van der Waals surface area contributed by atoms with Gasteiger partial charge in [0.05, 0.1) is 12.9 Å². The Morgan fingerprint density at radius 1 is 0.850 bits per heavy atom. The summed E-state index contributed by atoms with van der Waals surface area (Å²) < 4.78 is 5.25. The van der Waals surface area contributed by atoms with Crippen LogP contribution in [-0.4, -0.2) is 39.5 Å². The average molecular weight is 555 g/mol. The largest absolute Gasteiger partial charge is 0.497 e. The van der Waals surface area contributed by atoms with E-state index in [1.54, 1.807) is 36.3 Å². The van der Waals surface area contributed by atoms with E-state index < -0.39 is 6.04 Å². The van der Waals surface area contributed by atoms with Gasteiger partial charge in [-0.3, -0.25) is 9.59 Å². The van der Waals surface area contributed by atoms with Crippen LogP contribution in [0, 0.1) is 27.7 Å². The first kappa shape index (κ1) is 28.8. The summed E-state index contributed by atoms with van der Waals surface area (Å²) >= 11 is 1.27. The van der Waals surface area contributed by atoms with Crippen LogP contribution in [0.4, 0.5) is 5.69 Å². The molecular weight excluding hydrogens is 520 g/mol. The molecule has 4 rings (SSSR count). The summed E-state index contributed by atoms with van der Waals surface area (Å²) in [5.41, 5.74) is 6.15. The first-order chi connectivity index (χ1) is 19.2. The number of carbonyl (C=O) groups excluding carboxylic acids is 2. The molecule has 4 aromatic rings. The smallest absolute Gasteiger partial charge is 0.251 e. The number of nitrogens with zero attached hydrogens (tertiary/aromatic N) is 3. The fourth-order valence-corrected chi connectivity index (χ4v) is 5.12. The highest BCUT2D eigenvalue weighted by molar-refractivity contribution is 7.99.